The van der Waals surface area contributed by atoms with Crippen molar-refractivity contribution in [3.8, 4) is 0 Å². The Bertz CT molecular complexity index is 468. The molecule has 0 amide bonds. The second-order valence-corrected chi connectivity index (χ2v) is 5.48. The molecule has 2 rings (SSSR count). The zero-order chi connectivity index (χ0) is 14.5. The quantitative estimate of drug-likeness (QED) is 0.895. The van der Waals surface area contributed by atoms with E-state index in [2.05, 4.69) is 27.9 Å². The van der Waals surface area contributed by atoms with Crippen molar-refractivity contribution in [1.82, 2.24) is 9.97 Å². The van der Waals surface area contributed by atoms with E-state index in [1.54, 1.807) is 0 Å². The van der Waals surface area contributed by atoms with Crippen LogP contribution in [0.2, 0.25) is 0 Å². The van der Waals surface area contributed by atoms with E-state index in [0.29, 0.717) is 5.92 Å². The summed E-state index contributed by atoms with van der Waals surface area (Å²) in [5, 5.41) is 8.73. The van der Waals surface area contributed by atoms with Crippen LogP contribution < -0.4 is 4.90 Å². The van der Waals surface area contributed by atoms with Crippen molar-refractivity contribution in [1.29, 1.82) is 0 Å². The lowest BCUT2D eigenvalue weighted by Gasteiger charge is -2.32. The van der Waals surface area contributed by atoms with Gasteiger partial charge in [0.05, 0.1) is 0 Å². The Balaban J connectivity index is 1.93. The molecule has 0 unspecified atom stereocenters. The number of carboxylic acid groups (broad SMARTS) is 1. The van der Waals surface area contributed by atoms with E-state index in [4.69, 9.17) is 5.11 Å². The highest BCUT2D eigenvalue weighted by atomic mass is 16.4. The molecular formula is C15H23N3O2. The summed E-state index contributed by atoms with van der Waals surface area (Å²) in [7, 11) is 0. The fourth-order valence-corrected chi connectivity index (χ4v) is 2.73. The average molecular weight is 277 g/mol. The lowest BCUT2D eigenvalue weighted by atomic mass is 9.92. The SMILES string of the molecule is CCc1cc(N2CCC(CCC(=O)O)CC2)nc(C)n1. The predicted molar refractivity (Wildman–Crippen MR) is 78.0 cm³/mol. The summed E-state index contributed by atoms with van der Waals surface area (Å²) in [5.74, 6) is 1.70. The number of anilines is 1. The lowest BCUT2D eigenvalue weighted by molar-refractivity contribution is -0.137. The maximum atomic E-state index is 10.6. The van der Waals surface area contributed by atoms with Crippen molar-refractivity contribution in [3.05, 3.63) is 17.6 Å². The third-order valence-electron chi connectivity index (χ3n) is 3.94. The highest BCUT2D eigenvalue weighted by Gasteiger charge is 2.21. The maximum absolute atomic E-state index is 10.6. The van der Waals surface area contributed by atoms with Gasteiger partial charge >= 0.3 is 5.97 Å². The van der Waals surface area contributed by atoms with Gasteiger partial charge in [0.2, 0.25) is 0 Å². The summed E-state index contributed by atoms with van der Waals surface area (Å²) < 4.78 is 0. The van der Waals surface area contributed by atoms with Crippen LogP contribution >= 0.6 is 0 Å². The van der Waals surface area contributed by atoms with Gasteiger partial charge in [0, 0.05) is 31.3 Å². The summed E-state index contributed by atoms with van der Waals surface area (Å²) in [6, 6.07) is 2.07. The molecule has 1 aliphatic rings. The van der Waals surface area contributed by atoms with Crippen LogP contribution in [0.5, 0.6) is 0 Å². The lowest BCUT2D eigenvalue weighted by Crippen LogP contribution is -2.34. The van der Waals surface area contributed by atoms with Gasteiger partial charge in [-0.15, -0.1) is 0 Å². The Labute approximate surface area is 120 Å². The molecule has 20 heavy (non-hydrogen) atoms. The molecule has 2 heterocycles. The second-order valence-electron chi connectivity index (χ2n) is 5.48. The summed E-state index contributed by atoms with van der Waals surface area (Å²) in [4.78, 5) is 21.8. The van der Waals surface area contributed by atoms with Gasteiger partial charge in [-0.3, -0.25) is 4.79 Å². The minimum Gasteiger partial charge on any atom is -0.481 e. The maximum Gasteiger partial charge on any atom is 0.303 e. The summed E-state index contributed by atoms with van der Waals surface area (Å²) in [6.45, 7) is 5.96. The topological polar surface area (TPSA) is 66.3 Å². The van der Waals surface area contributed by atoms with Crippen molar-refractivity contribution >= 4 is 11.8 Å². The van der Waals surface area contributed by atoms with Crippen LogP contribution in [0.25, 0.3) is 0 Å². The molecule has 0 aliphatic carbocycles. The van der Waals surface area contributed by atoms with Gasteiger partial charge in [-0.2, -0.15) is 0 Å². The van der Waals surface area contributed by atoms with Crippen LogP contribution in [-0.4, -0.2) is 34.1 Å². The molecular weight excluding hydrogens is 254 g/mol. The van der Waals surface area contributed by atoms with Crippen LogP contribution in [0.3, 0.4) is 0 Å². The highest BCUT2D eigenvalue weighted by Crippen LogP contribution is 2.25. The molecule has 0 saturated carbocycles. The van der Waals surface area contributed by atoms with Crippen molar-refractivity contribution < 1.29 is 9.90 Å². The second kappa shape index (κ2) is 6.68. The van der Waals surface area contributed by atoms with E-state index >= 15 is 0 Å². The summed E-state index contributed by atoms with van der Waals surface area (Å²) in [5.41, 5.74) is 1.08. The van der Waals surface area contributed by atoms with Crippen LogP contribution in [0.1, 0.15) is 44.1 Å². The van der Waals surface area contributed by atoms with Gasteiger partial charge in [-0.1, -0.05) is 6.92 Å². The molecule has 0 spiro atoms. The third-order valence-corrected chi connectivity index (χ3v) is 3.94. The zero-order valence-corrected chi connectivity index (χ0v) is 12.3. The molecule has 0 aromatic carbocycles. The first kappa shape index (κ1) is 14.8. The first-order valence-corrected chi connectivity index (χ1v) is 7.39. The van der Waals surface area contributed by atoms with Gasteiger partial charge < -0.3 is 10.0 Å². The van der Waals surface area contributed by atoms with Crippen LogP contribution in [0.15, 0.2) is 6.07 Å². The largest absolute Gasteiger partial charge is 0.481 e. The van der Waals surface area contributed by atoms with Gasteiger partial charge in [0.15, 0.2) is 0 Å². The number of carbonyl (C=O) groups is 1. The smallest absolute Gasteiger partial charge is 0.303 e. The standard InChI is InChI=1S/C15H23N3O2/c1-3-13-10-14(17-11(2)16-13)18-8-6-12(7-9-18)4-5-15(19)20/h10,12H,3-9H2,1-2H3,(H,19,20). The number of aliphatic carboxylic acids is 1. The van der Waals surface area contributed by atoms with Gasteiger partial charge in [-0.25, -0.2) is 9.97 Å². The Morgan fingerprint density at radius 2 is 2.10 bits per heavy atom. The third kappa shape index (κ3) is 3.92. The van der Waals surface area contributed by atoms with Crippen molar-refractivity contribution in [2.75, 3.05) is 18.0 Å². The van der Waals surface area contributed by atoms with Gasteiger partial charge in [0.1, 0.15) is 11.6 Å². The summed E-state index contributed by atoms with van der Waals surface area (Å²) >= 11 is 0. The molecule has 1 aliphatic heterocycles. The fraction of sp³-hybridized carbons (Fsp3) is 0.667. The van der Waals surface area contributed by atoms with E-state index < -0.39 is 5.97 Å². The minimum absolute atomic E-state index is 0.289. The van der Waals surface area contributed by atoms with Crippen LogP contribution in [0, 0.1) is 12.8 Å². The van der Waals surface area contributed by atoms with Gasteiger partial charge in [-0.05, 0) is 38.5 Å². The van der Waals surface area contributed by atoms with Crippen molar-refractivity contribution in [3.63, 3.8) is 0 Å². The number of hydrogen-bond donors (Lipinski definition) is 1. The Hall–Kier alpha value is -1.65. The molecule has 5 nitrogen and oxygen atoms in total. The average Bonchev–Trinajstić information content (AvgIpc) is 2.45. The van der Waals surface area contributed by atoms with Gasteiger partial charge in [0.25, 0.3) is 0 Å². The van der Waals surface area contributed by atoms with Crippen LogP contribution in [0.4, 0.5) is 5.82 Å². The van der Waals surface area contributed by atoms with Crippen molar-refractivity contribution in [2.45, 2.75) is 46.0 Å². The first-order chi connectivity index (χ1) is 9.58. The van der Waals surface area contributed by atoms with E-state index in [1.165, 1.54) is 0 Å². The van der Waals surface area contributed by atoms with E-state index in [0.717, 1.165) is 56.1 Å². The number of nitrogens with zero attached hydrogens (tertiary/aromatic N) is 3. The molecule has 0 radical (unpaired) electrons. The molecule has 1 aromatic rings. The monoisotopic (exact) mass is 277 g/mol. The minimum atomic E-state index is -0.688. The Morgan fingerprint density at radius 1 is 1.40 bits per heavy atom. The molecule has 1 saturated heterocycles. The molecule has 0 atom stereocenters. The number of piperidine rings is 1. The molecule has 110 valence electrons. The number of aromatic nitrogens is 2. The van der Waals surface area contributed by atoms with Crippen molar-refractivity contribution in [2.24, 2.45) is 5.92 Å². The van der Waals surface area contributed by atoms with E-state index in [9.17, 15) is 4.79 Å². The number of hydrogen-bond acceptors (Lipinski definition) is 4. The number of aryl methyl sites for hydroxylation is 2. The summed E-state index contributed by atoms with van der Waals surface area (Å²) in [6.07, 6.45) is 4.12. The molecule has 5 heteroatoms. The first-order valence-electron chi connectivity index (χ1n) is 7.39. The fourth-order valence-electron chi connectivity index (χ4n) is 2.73. The molecule has 1 N–H and O–H groups in total. The molecule has 1 aromatic heterocycles. The van der Waals surface area contributed by atoms with E-state index in [-0.39, 0.29) is 6.42 Å². The van der Waals surface area contributed by atoms with E-state index in [1.807, 2.05) is 6.92 Å². The zero-order valence-electron chi connectivity index (χ0n) is 12.3. The number of carboxylic acids is 1. The molecule has 0 bridgehead atoms. The Kier molecular flexibility index (Phi) is 4.93. The molecule has 1 fully saturated rings. The normalized spacial score (nSPS) is 16.4. The predicted octanol–water partition coefficient (Wildman–Crippen LogP) is 2.43. The number of rotatable bonds is 5. The Morgan fingerprint density at radius 3 is 2.70 bits per heavy atom. The highest BCUT2D eigenvalue weighted by molar-refractivity contribution is 5.66. The van der Waals surface area contributed by atoms with Crippen LogP contribution in [-0.2, 0) is 11.2 Å².